The predicted molar refractivity (Wildman–Crippen MR) is 135 cm³/mol. The molecule has 172 valence electrons. The lowest BCUT2D eigenvalue weighted by molar-refractivity contribution is -0.384. The molecule has 2 aliphatic carbocycles. The Morgan fingerprint density at radius 2 is 1.31 bits per heavy atom. The van der Waals surface area contributed by atoms with Gasteiger partial charge in [0.1, 0.15) is 5.69 Å². The van der Waals surface area contributed by atoms with Crippen LogP contribution >= 0.6 is 15.9 Å². The summed E-state index contributed by atoms with van der Waals surface area (Å²) in [6, 6.07) is 24.4. The summed E-state index contributed by atoms with van der Waals surface area (Å²) in [4.78, 5) is 39.6. The minimum absolute atomic E-state index is 0.0267. The normalized spacial score (nSPS) is 24.3. The number of nitro benzene ring substituents is 1. The highest BCUT2D eigenvalue weighted by molar-refractivity contribution is 9.10. The second-order valence-electron chi connectivity index (χ2n) is 8.95. The van der Waals surface area contributed by atoms with E-state index in [1.54, 1.807) is 6.07 Å². The first-order valence-corrected chi connectivity index (χ1v) is 12.1. The fourth-order valence-corrected chi connectivity index (χ4v) is 6.22. The standard InChI is InChI=1S/C28H19BrN2O4/c29-18-11-14-21(22(15-18)31(34)35)30-27(32)25-19-12-13-20(26(25)28(30)33)24(19)23(16-7-3-1-4-8-16)17-9-5-2-6-10-17/h1-15,19-20,25-26H/t19-,20-,25-,26-/m0/s1. The van der Waals surface area contributed by atoms with Gasteiger partial charge < -0.3 is 0 Å². The quantitative estimate of drug-likeness (QED) is 0.187. The zero-order chi connectivity index (χ0) is 24.3. The van der Waals surface area contributed by atoms with Crippen LogP contribution < -0.4 is 4.90 Å². The molecule has 0 radical (unpaired) electrons. The van der Waals surface area contributed by atoms with Crippen molar-refractivity contribution in [2.24, 2.45) is 23.7 Å². The van der Waals surface area contributed by atoms with Crippen molar-refractivity contribution < 1.29 is 14.5 Å². The molecule has 3 aromatic carbocycles. The first-order chi connectivity index (χ1) is 17.0. The number of anilines is 1. The maximum Gasteiger partial charge on any atom is 0.294 e. The molecule has 2 fully saturated rings. The van der Waals surface area contributed by atoms with Gasteiger partial charge in [0.15, 0.2) is 0 Å². The van der Waals surface area contributed by atoms with Crippen molar-refractivity contribution in [1.29, 1.82) is 0 Å². The van der Waals surface area contributed by atoms with E-state index in [2.05, 4.69) is 15.9 Å². The number of nitrogens with zero attached hydrogens (tertiary/aromatic N) is 2. The average molecular weight is 527 g/mol. The van der Waals surface area contributed by atoms with Crippen LogP contribution in [0.25, 0.3) is 5.57 Å². The highest BCUT2D eigenvalue weighted by Gasteiger charge is 2.63. The number of hydrogen-bond acceptors (Lipinski definition) is 4. The molecule has 4 atom stereocenters. The molecular weight excluding hydrogens is 508 g/mol. The number of hydrogen-bond donors (Lipinski definition) is 0. The van der Waals surface area contributed by atoms with Crippen molar-refractivity contribution in [1.82, 2.24) is 0 Å². The van der Waals surface area contributed by atoms with Gasteiger partial charge >= 0.3 is 0 Å². The lowest BCUT2D eigenvalue weighted by Crippen LogP contribution is -2.33. The van der Waals surface area contributed by atoms with E-state index in [9.17, 15) is 19.7 Å². The van der Waals surface area contributed by atoms with Gasteiger partial charge in [-0.1, -0.05) is 88.7 Å². The predicted octanol–water partition coefficient (Wildman–Crippen LogP) is 5.78. The van der Waals surface area contributed by atoms with Crippen molar-refractivity contribution >= 4 is 44.7 Å². The highest BCUT2D eigenvalue weighted by atomic mass is 79.9. The van der Waals surface area contributed by atoms with Gasteiger partial charge in [-0.3, -0.25) is 19.7 Å². The molecule has 3 aromatic rings. The van der Waals surface area contributed by atoms with Crippen LogP contribution in [0.5, 0.6) is 0 Å². The molecule has 35 heavy (non-hydrogen) atoms. The molecule has 7 heteroatoms. The van der Waals surface area contributed by atoms with Crippen molar-refractivity contribution in [3.05, 3.63) is 122 Å². The number of halogens is 1. The third-order valence-corrected chi connectivity index (χ3v) is 7.70. The van der Waals surface area contributed by atoms with E-state index in [0.29, 0.717) is 4.47 Å². The van der Waals surface area contributed by atoms with Gasteiger partial charge in [-0.2, -0.15) is 0 Å². The van der Waals surface area contributed by atoms with E-state index in [1.165, 1.54) is 12.1 Å². The first-order valence-electron chi connectivity index (χ1n) is 11.3. The maximum atomic E-state index is 13.7. The summed E-state index contributed by atoms with van der Waals surface area (Å²) < 4.78 is 0.509. The van der Waals surface area contributed by atoms with Crippen molar-refractivity contribution in [3.63, 3.8) is 0 Å². The van der Waals surface area contributed by atoms with Crippen molar-refractivity contribution in [3.8, 4) is 0 Å². The number of fused-ring (bicyclic) bond motifs is 5. The van der Waals surface area contributed by atoms with Gasteiger partial charge in [-0.15, -0.1) is 0 Å². The van der Waals surface area contributed by atoms with Crippen molar-refractivity contribution in [2.45, 2.75) is 0 Å². The number of allylic oxidation sites excluding steroid dienone is 3. The molecule has 1 heterocycles. The molecule has 2 bridgehead atoms. The minimum atomic E-state index is -0.571. The van der Waals surface area contributed by atoms with Gasteiger partial charge in [0.25, 0.3) is 5.69 Å². The smallest absolute Gasteiger partial charge is 0.274 e. The minimum Gasteiger partial charge on any atom is -0.274 e. The Morgan fingerprint density at radius 3 is 1.80 bits per heavy atom. The molecule has 1 saturated heterocycles. The van der Waals surface area contributed by atoms with E-state index in [1.807, 2.05) is 72.8 Å². The number of amides is 2. The summed E-state index contributed by atoms with van der Waals surface area (Å²) in [5.41, 5.74) is 3.94. The SMILES string of the molecule is O=C1[C@@H]2[C@@H](C(=O)N1c1ccc(Br)cc1[N+](=O)[O-])[C@H]1C=C[C@H]2C1=C(c1ccccc1)c1ccccc1. The highest BCUT2D eigenvalue weighted by Crippen LogP contribution is 2.59. The van der Waals surface area contributed by atoms with E-state index in [-0.39, 0.29) is 35.0 Å². The Labute approximate surface area is 209 Å². The first kappa shape index (κ1) is 21.7. The number of carbonyl (C=O) groups is 2. The molecule has 2 amide bonds. The number of benzene rings is 3. The molecule has 3 aliphatic rings. The maximum absolute atomic E-state index is 13.7. The Bertz CT molecular complexity index is 1370. The topological polar surface area (TPSA) is 80.5 Å². The molecule has 0 unspecified atom stereocenters. The number of carbonyl (C=O) groups excluding carboxylic acids is 2. The molecule has 6 rings (SSSR count). The fourth-order valence-electron chi connectivity index (χ4n) is 5.88. The summed E-state index contributed by atoms with van der Waals surface area (Å²) in [6.45, 7) is 0. The number of imide groups is 1. The van der Waals surface area contributed by atoms with Gasteiger partial charge in [0.2, 0.25) is 11.8 Å². The van der Waals surface area contributed by atoms with E-state index in [4.69, 9.17) is 0 Å². The molecule has 0 spiro atoms. The molecule has 0 aromatic heterocycles. The van der Waals surface area contributed by atoms with E-state index in [0.717, 1.165) is 27.2 Å². The fraction of sp³-hybridized carbons (Fsp3) is 0.143. The lowest BCUT2D eigenvalue weighted by atomic mass is 9.85. The zero-order valence-corrected chi connectivity index (χ0v) is 20.0. The van der Waals surface area contributed by atoms with Crippen LogP contribution in [0.4, 0.5) is 11.4 Å². The van der Waals surface area contributed by atoms with Crippen LogP contribution in [0, 0.1) is 33.8 Å². The summed E-state index contributed by atoms with van der Waals surface area (Å²) in [7, 11) is 0. The lowest BCUT2D eigenvalue weighted by Gasteiger charge is -2.21. The second-order valence-corrected chi connectivity index (χ2v) is 9.87. The Hall–Kier alpha value is -3.84. The average Bonchev–Trinajstić information content (AvgIpc) is 3.50. The van der Waals surface area contributed by atoms with Gasteiger partial charge in [-0.25, -0.2) is 4.90 Å². The summed E-state index contributed by atoms with van der Waals surface area (Å²) in [5.74, 6) is -2.37. The Kier molecular flexibility index (Phi) is 5.04. The van der Waals surface area contributed by atoms with Crippen LogP contribution in [0.15, 0.2) is 101 Å². The third-order valence-electron chi connectivity index (χ3n) is 7.20. The third kappa shape index (κ3) is 3.22. The molecular formula is C28H19BrN2O4. The van der Waals surface area contributed by atoms with Crippen LogP contribution in [0.3, 0.4) is 0 Å². The molecule has 1 saturated carbocycles. The Balaban J connectivity index is 1.49. The monoisotopic (exact) mass is 526 g/mol. The zero-order valence-electron chi connectivity index (χ0n) is 18.4. The van der Waals surface area contributed by atoms with E-state index >= 15 is 0 Å². The number of nitro groups is 1. The molecule has 0 N–H and O–H groups in total. The van der Waals surface area contributed by atoms with Crippen LogP contribution in [-0.4, -0.2) is 16.7 Å². The van der Waals surface area contributed by atoms with Gasteiger partial charge in [0.05, 0.1) is 16.8 Å². The van der Waals surface area contributed by atoms with Crippen molar-refractivity contribution in [2.75, 3.05) is 4.90 Å². The van der Waals surface area contributed by atoms with Crippen LogP contribution in [0.2, 0.25) is 0 Å². The summed E-state index contributed by atoms with van der Waals surface area (Å²) in [5, 5.41) is 11.7. The summed E-state index contributed by atoms with van der Waals surface area (Å²) >= 11 is 3.24. The largest absolute Gasteiger partial charge is 0.294 e. The summed E-state index contributed by atoms with van der Waals surface area (Å²) in [6.07, 6.45) is 4.05. The van der Waals surface area contributed by atoms with Gasteiger partial charge in [-0.05, 0) is 34.4 Å². The second kappa shape index (κ2) is 8.13. The van der Waals surface area contributed by atoms with Crippen LogP contribution in [0.1, 0.15) is 11.1 Å². The van der Waals surface area contributed by atoms with Gasteiger partial charge in [0, 0.05) is 22.4 Å². The van der Waals surface area contributed by atoms with Crippen LogP contribution in [-0.2, 0) is 9.59 Å². The van der Waals surface area contributed by atoms with E-state index < -0.39 is 16.8 Å². The molecule has 6 nitrogen and oxygen atoms in total. The number of rotatable bonds is 4. The molecule has 1 aliphatic heterocycles. The Morgan fingerprint density at radius 1 is 0.800 bits per heavy atom.